The first-order valence-electron chi connectivity index (χ1n) is 5.83. The number of carbonyl (C=O) groups is 1. The molecule has 100 valence electrons. The smallest absolute Gasteiger partial charge is 0.317 e. The van der Waals surface area contributed by atoms with Crippen molar-refractivity contribution in [2.75, 3.05) is 6.54 Å². The fraction of sp³-hybridized carbons (Fsp3) is 0.462. The van der Waals surface area contributed by atoms with Gasteiger partial charge < -0.3 is 5.11 Å². The van der Waals surface area contributed by atoms with E-state index in [1.54, 1.807) is 0 Å². The average Bonchev–Trinajstić information content (AvgIpc) is 2.31. The Hall–Kier alpha value is -0.580. The number of hydrogen-bond donors (Lipinski definition) is 1. The second kappa shape index (κ2) is 7.12. The number of hydrogen-bond acceptors (Lipinski definition) is 2. The van der Waals surface area contributed by atoms with Crippen LogP contribution in [0.5, 0.6) is 0 Å². The maximum absolute atomic E-state index is 10.9. The molecule has 0 aromatic heterocycles. The van der Waals surface area contributed by atoms with Crippen molar-refractivity contribution in [2.45, 2.75) is 32.9 Å². The molecule has 5 heteroatoms. The number of carboxylic acid groups (broad SMARTS) is 1. The summed E-state index contributed by atoms with van der Waals surface area (Å²) in [6, 6.07) is 5.82. The highest BCUT2D eigenvalue weighted by atomic mass is 79.9. The molecule has 0 aliphatic heterocycles. The van der Waals surface area contributed by atoms with E-state index in [1.807, 2.05) is 36.9 Å². The van der Waals surface area contributed by atoms with Crippen molar-refractivity contribution in [3.8, 4) is 0 Å². The van der Waals surface area contributed by atoms with Crippen molar-refractivity contribution in [3.05, 3.63) is 33.3 Å². The highest BCUT2D eigenvalue weighted by Crippen LogP contribution is 2.23. The number of rotatable bonds is 6. The van der Waals surface area contributed by atoms with Crippen LogP contribution < -0.4 is 0 Å². The summed E-state index contributed by atoms with van der Waals surface area (Å²) in [5, 5.41) is 9.61. The van der Waals surface area contributed by atoms with Gasteiger partial charge >= 0.3 is 5.97 Å². The van der Waals surface area contributed by atoms with Gasteiger partial charge in [-0.15, -0.1) is 0 Å². The molecule has 18 heavy (non-hydrogen) atoms. The third-order valence-corrected chi connectivity index (χ3v) is 3.80. The molecule has 0 aliphatic carbocycles. The molecule has 0 amide bonds. The Labute approximate surface area is 121 Å². The summed E-state index contributed by atoms with van der Waals surface area (Å²) in [6.07, 6.45) is 0.902. The average molecular weight is 335 g/mol. The van der Waals surface area contributed by atoms with E-state index >= 15 is 0 Å². The van der Waals surface area contributed by atoms with Crippen LogP contribution in [-0.4, -0.2) is 28.6 Å². The lowest BCUT2D eigenvalue weighted by Crippen LogP contribution is -2.36. The molecule has 0 saturated carbocycles. The minimum Gasteiger partial charge on any atom is -0.480 e. The molecule has 0 spiro atoms. The van der Waals surface area contributed by atoms with E-state index in [0.29, 0.717) is 11.6 Å². The SMILES string of the molecule is CCC(C)N(CC(=O)O)Cc1cc(Br)ccc1Cl. The molecule has 1 rings (SSSR count). The van der Waals surface area contributed by atoms with E-state index in [9.17, 15) is 4.79 Å². The molecule has 1 aromatic rings. The Morgan fingerprint density at radius 1 is 1.56 bits per heavy atom. The summed E-state index contributed by atoms with van der Waals surface area (Å²) in [6.45, 7) is 4.63. The number of nitrogens with zero attached hydrogens (tertiary/aromatic N) is 1. The number of benzene rings is 1. The van der Waals surface area contributed by atoms with Crippen molar-refractivity contribution in [3.63, 3.8) is 0 Å². The molecule has 0 aliphatic rings. The fourth-order valence-electron chi connectivity index (χ4n) is 1.68. The third-order valence-electron chi connectivity index (χ3n) is 2.93. The Morgan fingerprint density at radius 3 is 2.78 bits per heavy atom. The zero-order valence-electron chi connectivity index (χ0n) is 10.5. The Bertz CT molecular complexity index is 425. The standard InChI is InChI=1S/C13H17BrClNO2/c1-3-9(2)16(8-13(17)18)7-10-6-11(14)4-5-12(10)15/h4-6,9H,3,7-8H2,1-2H3,(H,17,18). The Morgan fingerprint density at radius 2 is 2.22 bits per heavy atom. The minimum atomic E-state index is -0.818. The van der Waals surface area contributed by atoms with Gasteiger partial charge in [0.25, 0.3) is 0 Å². The van der Waals surface area contributed by atoms with Gasteiger partial charge in [-0.3, -0.25) is 9.69 Å². The highest BCUT2D eigenvalue weighted by molar-refractivity contribution is 9.10. The van der Waals surface area contributed by atoms with Gasteiger partial charge in [0.05, 0.1) is 6.54 Å². The zero-order valence-corrected chi connectivity index (χ0v) is 12.8. The van der Waals surface area contributed by atoms with E-state index in [0.717, 1.165) is 16.5 Å². The second-order valence-corrected chi connectivity index (χ2v) is 5.61. The molecule has 1 atom stereocenters. The lowest BCUT2D eigenvalue weighted by Gasteiger charge is -2.27. The maximum atomic E-state index is 10.9. The molecular formula is C13H17BrClNO2. The first-order chi connectivity index (χ1) is 8.43. The van der Waals surface area contributed by atoms with Gasteiger partial charge in [0.15, 0.2) is 0 Å². The van der Waals surface area contributed by atoms with Crippen molar-refractivity contribution in [1.82, 2.24) is 4.90 Å². The molecule has 1 aromatic carbocycles. The molecule has 3 nitrogen and oxygen atoms in total. The van der Waals surface area contributed by atoms with E-state index < -0.39 is 5.97 Å². The summed E-state index contributed by atoms with van der Waals surface area (Å²) in [7, 11) is 0. The van der Waals surface area contributed by atoms with Crippen LogP contribution in [0.2, 0.25) is 5.02 Å². The van der Waals surface area contributed by atoms with Crippen molar-refractivity contribution < 1.29 is 9.90 Å². The predicted molar refractivity (Wildman–Crippen MR) is 77.0 cm³/mol. The normalized spacial score (nSPS) is 12.7. The van der Waals surface area contributed by atoms with E-state index in [1.165, 1.54) is 0 Å². The summed E-state index contributed by atoms with van der Waals surface area (Å²) < 4.78 is 0.946. The number of halogens is 2. The van der Waals surface area contributed by atoms with Crippen LogP contribution in [0.1, 0.15) is 25.8 Å². The van der Waals surface area contributed by atoms with Gasteiger partial charge in [-0.1, -0.05) is 34.5 Å². The van der Waals surface area contributed by atoms with Crippen LogP contribution in [-0.2, 0) is 11.3 Å². The topological polar surface area (TPSA) is 40.5 Å². The first kappa shape index (κ1) is 15.5. The quantitative estimate of drug-likeness (QED) is 0.860. The van der Waals surface area contributed by atoms with Gasteiger partial charge in [-0.05, 0) is 37.1 Å². The van der Waals surface area contributed by atoms with Crippen molar-refractivity contribution in [1.29, 1.82) is 0 Å². The van der Waals surface area contributed by atoms with E-state index in [2.05, 4.69) is 15.9 Å². The van der Waals surface area contributed by atoms with Gasteiger partial charge in [0.1, 0.15) is 0 Å². The maximum Gasteiger partial charge on any atom is 0.317 e. The number of aliphatic carboxylic acids is 1. The Kier molecular flexibility index (Phi) is 6.12. The zero-order chi connectivity index (χ0) is 13.7. The largest absolute Gasteiger partial charge is 0.480 e. The number of carboxylic acids is 1. The van der Waals surface area contributed by atoms with Crippen LogP contribution in [0.3, 0.4) is 0 Å². The molecule has 0 fully saturated rings. The lowest BCUT2D eigenvalue weighted by molar-refractivity contribution is -0.139. The Balaban J connectivity index is 2.88. The molecular weight excluding hydrogens is 318 g/mol. The lowest BCUT2D eigenvalue weighted by atomic mass is 10.1. The summed E-state index contributed by atoms with van der Waals surface area (Å²) >= 11 is 9.53. The molecule has 0 saturated heterocycles. The van der Waals surface area contributed by atoms with E-state index in [4.69, 9.17) is 16.7 Å². The van der Waals surface area contributed by atoms with Crippen molar-refractivity contribution in [2.24, 2.45) is 0 Å². The summed E-state index contributed by atoms with van der Waals surface area (Å²) in [4.78, 5) is 12.8. The van der Waals surface area contributed by atoms with Gasteiger partial charge in [0.2, 0.25) is 0 Å². The van der Waals surface area contributed by atoms with Gasteiger partial charge in [-0.2, -0.15) is 0 Å². The minimum absolute atomic E-state index is 0.0256. The van der Waals surface area contributed by atoms with Crippen LogP contribution in [0.25, 0.3) is 0 Å². The van der Waals surface area contributed by atoms with Crippen LogP contribution in [0.4, 0.5) is 0 Å². The molecule has 1 unspecified atom stereocenters. The van der Waals surface area contributed by atoms with Crippen LogP contribution in [0.15, 0.2) is 22.7 Å². The summed E-state index contributed by atoms with van der Waals surface area (Å²) in [5.41, 5.74) is 0.938. The molecule has 0 bridgehead atoms. The second-order valence-electron chi connectivity index (χ2n) is 4.29. The highest BCUT2D eigenvalue weighted by Gasteiger charge is 2.17. The molecule has 1 N–H and O–H groups in total. The summed E-state index contributed by atoms with van der Waals surface area (Å²) in [5.74, 6) is -0.818. The molecule has 0 radical (unpaired) electrons. The van der Waals surface area contributed by atoms with Gasteiger partial charge in [0, 0.05) is 22.1 Å². The van der Waals surface area contributed by atoms with Crippen molar-refractivity contribution >= 4 is 33.5 Å². The van der Waals surface area contributed by atoms with Crippen LogP contribution in [0, 0.1) is 0 Å². The first-order valence-corrected chi connectivity index (χ1v) is 7.01. The van der Waals surface area contributed by atoms with E-state index in [-0.39, 0.29) is 12.6 Å². The van der Waals surface area contributed by atoms with Gasteiger partial charge in [-0.25, -0.2) is 0 Å². The fourth-order valence-corrected chi connectivity index (χ4v) is 2.27. The predicted octanol–water partition coefficient (Wildman–Crippen LogP) is 3.79. The molecule has 0 heterocycles. The third kappa shape index (κ3) is 4.59. The monoisotopic (exact) mass is 333 g/mol. The van der Waals surface area contributed by atoms with Crippen LogP contribution >= 0.6 is 27.5 Å².